The normalized spacial score (nSPS) is 17.7. The Morgan fingerprint density at radius 1 is 1.14 bits per heavy atom. The summed E-state index contributed by atoms with van der Waals surface area (Å²) in [7, 11) is 0. The Morgan fingerprint density at radius 2 is 1.90 bits per heavy atom. The minimum atomic E-state index is -0.519. The first-order valence-corrected chi connectivity index (χ1v) is 7.06. The summed E-state index contributed by atoms with van der Waals surface area (Å²) in [6.07, 6.45) is 1.73. The summed E-state index contributed by atoms with van der Waals surface area (Å²) in [5.41, 5.74) is 2.51. The molecule has 21 heavy (non-hydrogen) atoms. The fourth-order valence-corrected chi connectivity index (χ4v) is 2.96. The number of pyridine rings is 1. The van der Waals surface area contributed by atoms with Gasteiger partial charge >= 0.3 is 0 Å². The predicted molar refractivity (Wildman–Crippen MR) is 74.8 cm³/mol. The van der Waals surface area contributed by atoms with E-state index in [1.807, 2.05) is 0 Å². The lowest BCUT2D eigenvalue weighted by molar-refractivity contribution is 0.499. The molecule has 0 radical (unpaired) electrons. The van der Waals surface area contributed by atoms with Gasteiger partial charge < -0.3 is 0 Å². The second-order valence-corrected chi connectivity index (χ2v) is 5.72. The summed E-state index contributed by atoms with van der Waals surface area (Å²) in [4.78, 5) is 3.98. The van der Waals surface area contributed by atoms with Crippen LogP contribution in [0.1, 0.15) is 40.3 Å². The largest absolute Gasteiger partial charge is 0.224 e. The predicted octanol–water partition coefficient (Wildman–Crippen LogP) is 4.39. The molecule has 3 rings (SSSR count). The first kappa shape index (κ1) is 14.1. The van der Waals surface area contributed by atoms with E-state index in [0.29, 0.717) is 41.6 Å². The fraction of sp³-hybridized carbons (Fsp3) is 0.353. The third kappa shape index (κ3) is 2.43. The second-order valence-electron chi connectivity index (χ2n) is 5.72. The highest BCUT2D eigenvalue weighted by molar-refractivity contribution is 5.38. The number of hydrogen-bond acceptors (Lipinski definition) is 1. The molecule has 1 aliphatic carbocycles. The van der Waals surface area contributed by atoms with Crippen LogP contribution < -0.4 is 0 Å². The van der Waals surface area contributed by atoms with Crippen molar-refractivity contribution in [3.63, 3.8) is 0 Å². The van der Waals surface area contributed by atoms with Gasteiger partial charge in [-0.2, -0.15) is 4.39 Å². The number of hydrogen-bond donors (Lipinski definition) is 0. The number of halogens is 3. The number of rotatable bonds is 1. The second kappa shape index (κ2) is 5.17. The first-order chi connectivity index (χ1) is 9.97. The van der Waals surface area contributed by atoms with E-state index in [9.17, 15) is 13.2 Å². The van der Waals surface area contributed by atoms with Gasteiger partial charge in [-0.3, -0.25) is 0 Å². The molecule has 1 aromatic carbocycles. The Kier molecular flexibility index (Phi) is 3.47. The highest BCUT2D eigenvalue weighted by atomic mass is 19.1. The molecule has 4 heteroatoms. The molecule has 0 saturated carbocycles. The Bertz CT molecular complexity index is 710. The lowest BCUT2D eigenvalue weighted by Gasteiger charge is -2.25. The van der Waals surface area contributed by atoms with Crippen LogP contribution in [-0.4, -0.2) is 4.98 Å². The van der Waals surface area contributed by atoms with Crippen LogP contribution in [-0.2, 0) is 12.8 Å². The number of aryl methyl sites for hydroxylation is 1. The minimum absolute atomic E-state index is 0.00843. The molecule has 0 saturated heterocycles. The highest BCUT2D eigenvalue weighted by Crippen LogP contribution is 2.35. The van der Waals surface area contributed by atoms with Gasteiger partial charge in [-0.15, -0.1) is 0 Å². The molecular formula is C17H16F3N. The fourth-order valence-electron chi connectivity index (χ4n) is 2.96. The first-order valence-electron chi connectivity index (χ1n) is 7.06. The van der Waals surface area contributed by atoms with Crippen molar-refractivity contribution in [2.45, 2.75) is 39.0 Å². The van der Waals surface area contributed by atoms with Gasteiger partial charge in [0.25, 0.3) is 0 Å². The Balaban J connectivity index is 1.96. The lowest BCUT2D eigenvalue weighted by atomic mass is 9.81. The quantitative estimate of drug-likeness (QED) is 0.710. The lowest BCUT2D eigenvalue weighted by Crippen LogP contribution is -2.17. The van der Waals surface area contributed by atoms with Gasteiger partial charge in [0.05, 0.1) is 0 Å². The zero-order valence-electron chi connectivity index (χ0n) is 12.0. The van der Waals surface area contributed by atoms with Crippen LogP contribution >= 0.6 is 0 Å². The number of aromatic nitrogens is 1. The molecule has 110 valence electrons. The summed E-state index contributed by atoms with van der Waals surface area (Å²) in [5, 5.41) is 0. The number of nitrogens with zero attached hydrogens (tertiary/aromatic N) is 1. The topological polar surface area (TPSA) is 12.9 Å². The highest BCUT2D eigenvalue weighted by Gasteiger charge is 2.26. The van der Waals surface area contributed by atoms with E-state index >= 15 is 0 Å². The maximum absolute atomic E-state index is 14.1. The van der Waals surface area contributed by atoms with Crippen molar-refractivity contribution < 1.29 is 13.2 Å². The summed E-state index contributed by atoms with van der Waals surface area (Å²) >= 11 is 0. The van der Waals surface area contributed by atoms with Crippen LogP contribution in [0.25, 0.3) is 0 Å². The summed E-state index contributed by atoms with van der Waals surface area (Å²) in [6.45, 7) is 3.11. The molecule has 0 N–H and O–H groups in total. The Morgan fingerprint density at radius 3 is 2.62 bits per heavy atom. The van der Waals surface area contributed by atoms with Gasteiger partial charge in [-0.1, -0.05) is 6.07 Å². The third-order valence-electron chi connectivity index (χ3n) is 4.33. The van der Waals surface area contributed by atoms with E-state index in [1.54, 1.807) is 19.1 Å². The van der Waals surface area contributed by atoms with Crippen molar-refractivity contribution in [2.75, 3.05) is 0 Å². The van der Waals surface area contributed by atoms with E-state index in [-0.39, 0.29) is 11.5 Å². The zero-order valence-corrected chi connectivity index (χ0v) is 12.0. The van der Waals surface area contributed by atoms with Crippen LogP contribution in [0.5, 0.6) is 0 Å². The minimum Gasteiger partial charge on any atom is -0.224 e. The molecule has 0 fully saturated rings. The van der Waals surface area contributed by atoms with Gasteiger partial charge in [0, 0.05) is 22.7 Å². The maximum Gasteiger partial charge on any atom is 0.216 e. The van der Waals surface area contributed by atoms with Crippen molar-refractivity contribution >= 4 is 0 Å². The summed E-state index contributed by atoms with van der Waals surface area (Å²) in [5.74, 6) is -1.42. The molecule has 2 aromatic rings. The molecule has 0 bridgehead atoms. The molecule has 0 spiro atoms. The van der Waals surface area contributed by atoms with E-state index in [2.05, 4.69) is 4.98 Å². The van der Waals surface area contributed by atoms with Gasteiger partial charge in [0.15, 0.2) is 0 Å². The van der Waals surface area contributed by atoms with Crippen molar-refractivity contribution in [1.29, 1.82) is 0 Å². The Hall–Kier alpha value is -1.84. The smallest absolute Gasteiger partial charge is 0.216 e. The standard InChI is InChI=1S/C17H16F3N/c1-9-3-6-15(21-17(9)20)11-4-5-13-12(7-11)8-14(18)10(2)16(13)19/h3,6,8,11H,4-5,7H2,1-2H3. The average Bonchev–Trinajstić information content (AvgIpc) is 2.47. The molecule has 0 amide bonds. The molecule has 1 aromatic heterocycles. The van der Waals surface area contributed by atoms with Crippen LogP contribution in [0.15, 0.2) is 18.2 Å². The van der Waals surface area contributed by atoms with Crippen LogP contribution in [0.3, 0.4) is 0 Å². The molecule has 1 aliphatic rings. The van der Waals surface area contributed by atoms with E-state index in [0.717, 1.165) is 0 Å². The van der Waals surface area contributed by atoms with Crippen molar-refractivity contribution in [3.05, 3.63) is 63.7 Å². The van der Waals surface area contributed by atoms with Crippen molar-refractivity contribution in [2.24, 2.45) is 0 Å². The summed E-state index contributed by atoms with van der Waals surface area (Å²) in [6, 6.07) is 4.91. The molecular weight excluding hydrogens is 275 g/mol. The van der Waals surface area contributed by atoms with E-state index < -0.39 is 17.6 Å². The van der Waals surface area contributed by atoms with Crippen LogP contribution in [0.4, 0.5) is 13.2 Å². The van der Waals surface area contributed by atoms with Crippen LogP contribution in [0, 0.1) is 31.4 Å². The van der Waals surface area contributed by atoms with Gasteiger partial charge in [0.1, 0.15) is 11.6 Å². The molecule has 1 atom stereocenters. The molecule has 0 aliphatic heterocycles. The maximum atomic E-state index is 14.1. The average molecular weight is 291 g/mol. The number of fused-ring (bicyclic) bond motifs is 1. The van der Waals surface area contributed by atoms with Crippen LogP contribution in [0.2, 0.25) is 0 Å². The van der Waals surface area contributed by atoms with Gasteiger partial charge in [-0.25, -0.2) is 13.8 Å². The SMILES string of the molecule is Cc1ccc(C2CCc3c(cc(F)c(C)c3F)C2)nc1F. The molecule has 1 unspecified atom stereocenters. The van der Waals surface area contributed by atoms with E-state index in [4.69, 9.17) is 0 Å². The third-order valence-corrected chi connectivity index (χ3v) is 4.33. The van der Waals surface area contributed by atoms with Crippen molar-refractivity contribution in [3.8, 4) is 0 Å². The van der Waals surface area contributed by atoms with E-state index in [1.165, 1.54) is 13.0 Å². The molecule has 1 nitrogen and oxygen atoms in total. The van der Waals surface area contributed by atoms with Gasteiger partial charge in [0.2, 0.25) is 5.95 Å². The van der Waals surface area contributed by atoms with Crippen molar-refractivity contribution in [1.82, 2.24) is 4.98 Å². The Labute approximate surface area is 121 Å². The molecule has 1 heterocycles. The van der Waals surface area contributed by atoms with Gasteiger partial charge in [-0.05, 0) is 56.4 Å². The zero-order chi connectivity index (χ0) is 15.1. The summed E-state index contributed by atoms with van der Waals surface area (Å²) < 4.78 is 41.4. The monoisotopic (exact) mass is 291 g/mol. The number of benzene rings is 1.